The molecule has 0 bridgehead atoms. The largest absolute Gasteiger partial charge is 0.457 e. The maximum Gasteiger partial charge on any atom is 0.358 e. The lowest BCUT2D eigenvalue weighted by atomic mass is 10.2. The van der Waals surface area contributed by atoms with Gasteiger partial charge in [-0.15, -0.1) is 0 Å². The van der Waals surface area contributed by atoms with E-state index in [9.17, 15) is 0 Å². The van der Waals surface area contributed by atoms with Crippen molar-refractivity contribution in [3.05, 3.63) is 122 Å². The van der Waals surface area contributed by atoms with Gasteiger partial charge < -0.3 is 4.74 Å². The van der Waals surface area contributed by atoms with Crippen molar-refractivity contribution in [1.29, 1.82) is 0 Å². The maximum absolute atomic E-state index is 6.13. The van der Waals surface area contributed by atoms with Crippen LogP contribution in [0, 0.1) is 35.1 Å². The first-order valence-corrected chi connectivity index (χ1v) is 14.2. The van der Waals surface area contributed by atoms with Gasteiger partial charge in [0.05, 0.1) is 0 Å². The number of aryl methyl sites for hydroxylation is 3. The molecule has 0 radical (unpaired) electrons. The summed E-state index contributed by atoms with van der Waals surface area (Å²) in [5.74, 6) is 1.80. The molecule has 0 saturated carbocycles. The fourth-order valence-corrected chi connectivity index (χ4v) is 7.41. The summed E-state index contributed by atoms with van der Waals surface area (Å²) in [6.45, 7) is 6.45. The monoisotopic (exact) mass is 618 g/mol. The summed E-state index contributed by atoms with van der Waals surface area (Å²) in [6, 6.07) is 32.9. The van der Waals surface area contributed by atoms with Crippen LogP contribution in [0.2, 0.25) is 0 Å². The molecule has 0 aliphatic heterocycles. The van der Waals surface area contributed by atoms with Crippen LogP contribution in [0.4, 0.5) is 0 Å². The predicted molar refractivity (Wildman–Crippen MR) is 115 cm³/mol. The molecule has 3 heteroatoms. The van der Waals surface area contributed by atoms with Crippen LogP contribution in [0.25, 0.3) is 0 Å². The Morgan fingerprint density at radius 2 is 0.967 bits per heavy atom. The van der Waals surface area contributed by atoms with E-state index in [1.165, 1.54) is 31.0 Å². The van der Waals surface area contributed by atoms with Gasteiger partial charge in [-0.25, -0.2) is 0 Å². The van der Waals surface area contributed by atoms with E-state index in [0.29, 0.717) is 0 Å². The maximum atomic E-state index is 6.13. The molecule has 0 amide bonds. The summed E-state index contributed by atoms with van der Waals surface area (Å²) < 4.78 is 11.9. The Kier molecular flexibility index (Phi) is 7.10. The molecule has 30 heavy (non-hydrogen) atoms. The molecule has 0 N–H and O–H groups in total. The number of ether oxygens (including phenoxy) is 1. The van der Waals surface area contributed by atoms with Gasteiger partial charge in [0.25, 0.3) is 0 Å². The normalized spacial score (nSPS) is 10.8. The van der Waals surface area contributed by atoms with Gasteiger partial charge in [-0.2, -0.15) is 0 Å². The third kappa shape index (κ3) is 5.85. The van der Waals surface area contributed by atoms with E-state index >= 15 is 0 Å². The minimum absolute atomic E-state index is 0.146. The molecular weight excluding hydrogens is 594 g/mol. The average molecular weight is 618 g/mol. The zero-order chi connectivity index (χ0) is 20.9. The van der Waals surface area contributed by atoms with Gasteiger partial charge in [-0.05, 0) is 87.5 Å². The first kappa shape index (κ1) is 21.4. The van der Waals surface area contributed by atoms with Crippen LogP contribution in [0.15, 0.2) is 91.0 Å². The molecule has 0 spiro atoms. The van der Waals surface area contributed by atoms with E-state index in [1.54, 1.807) is 0 Å². The first-order chi connectivity index (χ1) is 14.5. The highest BCUT2D eigenvalue weighted by Gasteiger charge is 2.19. The van der Waals surface area contributed by atoms with Crippen LogP contribution < -0.4 is 47.1 Å². The lowest BCUT2D eigenvalue weighted by molar-refractivity contribution is -0.598. The minimum Gasteiger partial charge on any atom is -0.457 e. The number of rotatable bonds is 6. The molecule has 4 rings (SSSR count). The van der Waals surface area contributed by atoms with Crippen molar-refractivity contribution in [3.63, 3.8) is 0 Å². The van der Waals surface area contributed by atoms with E-state index in [1.807, 2.05) is 0 Å². The van der Waals surface area contributed by atoms with Crippen LogP contribution in [-0.4, -0.2) is 0 Å². The van der Waals surface area contributed by atoms with E-state index in [-0.39, 0.29) is 42.4 Å². The fraction of sp³-hybridized carbons (Fsp3) is 0.111. The summed E-state index contributed by atoms with van der Waals surface area (Å²) in [6.07, 6.45) is 0. The third-order valence-corrected chi connectivity index (χ3v) is 10.4. The zero-order valence-electron chi connectivity index (χ0n) is 17.3. The Labute approximate surface area is 200 Å². The van der Waals surface area contributed by atoms with Crippen molar-refractivity contribution in [2.45, 2.75) is 20.8 Å². The zero-order valence-corrected chi connectivity index (χ0v) is 21.6. The highest BCUT2D eigenvalue weighted by molar-refractivity contribution is 5.33. The van der Waals surface area contributed by atoms with Crippen molar-refractivity contribution in [1.82, 2.24) is 0 Å². The molecule has 0 aromatic heterocycles. The fourth-order valence-electron chi connectivity index (χ4n) is 2.92. The Hall–Kier alpha value is -1.86. The molecule has 0 saturated heterocycles. The van der Waals surface area contributed by atoms with Crippen molar-refractivity contribution in [2.75, 3.05) is 0 Å². The Bertz CT molecular complexity index is 1120. The molecule has 0 heterocycles. The van der Waals surface area contributed by atoms with Crippen LogP contribution in [0.5, 0.6) is 11.5 Å². The molecule has 0 aliphatic rings. The second-order valence-corrected chi connectivity index (χ2v) is 13.2. The molecule has 0 aliphatic carbocycles. The number of halogens is 2. The Balaban J connectivity index is 1.40. The second kappa shape index (κ2) is 9.96. The van der Waals surface area contributed by atoms with Crippen LogP contribution in [-0.2, 0) is 0 Å². The van der Waals surface area contributed by atoms with E-state index in [0.717, 1.165) is 11.5 Å². The van der Waals surface area contributed by atoms with Gasteiger partial charge in [0.15, 0.2) is 14.3 Å². The summed E-state index contributed by atoms with van der Waals surface area (Å²) in [7, 11) is 0. The summed E-state index contributed by atoms with van der Waals surface area (Å²) in [4.78, 5) is 0. The van der Waals surface area contributed by atoms with E-state index < -0.39 is 0 Å². The molecule has 0 atom stereocenters. The highest BCUT2D eigenvalue weighted by Crippen LogP contribution is 2.21. The smallest absolute Gasteiger partial charge is 0.358 e. The lowest BCUT2D eigenvalue weighted by Crippen LogP contribution is -3.61. The van der Waals surface area contributed by atoms with Crippen molar-refractivity contribution in [3.8, 4) is 11.5 Å². The average Bonchev–Trinajstić information content (AvgIpc) is 2.75. The second-order valence-electron chi connectivity index (χ2n) is 7.25. The molecule has 150 valence electrons. The summed E-state index contributed by atoms with van der Waals surface area (Å²) in [5, 5.41) is 0. The molecule has 0 fully saturated rings. The van der Waals surface area contributed by atoms with Gasteiger partial charge in [0.2, 0.25) is 0 Å². The first-order valence-electron chi connectivity index (χ1n) is 9.87. The van der Waals surface area contributed by atoms with Crippen LogP contribution in [0.3, 0.4) is 0 Å². The van der Waals surface area contributed by atoms with Gasteiger partial charge in [0, 0.05) is 5.56 Å². The van der Waals surface area contributed by atoms with Crippen molar-refractivity contribution in [2.24, 2.45) is 0 Å². The highest BCUT2D eigenvalue weighted by atomic mass is 127. The Morgan fingerprint density at radius 3 is 1.50 bits per heavy atom. The molecule has 1 nitrogen and oxygen atoms in total. The summed E-state index contributed by atoms with van der Waals surface area (Å²) >= 11 is -0.309. The van der Waals surface area contributed by atoms with E-state index in [2.05, 4.69) is 112 Å². The van der Waals surface area contributed by atoms with Crippen LogP contribution in [0.1, 0.15) is 16.7 Å². The third-order valence-electron chi connectivity index (χ3n) is 4.63. The molecule has 4 aromatic carbocycles. The van der Waals surface area contributed by atoms with Gasteiger partial charge in [0.1, 0.15) is 11.5 Å². The van der Waals surface area contributed by atoms with Crippen molar-refractivity contribution >= 4 is 0 Å². The topological polar surface area (TPSA) is 9.23 Å². The van der Waals surface area contributed by atoms with Gasteiger partial charge in [-0.1, -0.05) is 35.4 Å². The van der Waals surface area contributed by atoms with E-state index in [4.69, 9.17) is 4.74 Å². The lowest BCUT2D eigenvalue weighted by Gasteiger charge is -2.06. The van der Waals surface area contributed by atoms with Crippen LogP contribution >= 0.6 is 0 Å². The number of benzene rings is 4. The van der Waals surface area contributed by atoms with Gasteiger partial charge in [-0.3, -0.25) is 0 Å². The van der Waals surface area contributed by atoms with Gasteiger partial charge >= 0.3 is 42.4 Å². The molecule has 4 aromatic rings. The van der Waals surface area contributed by atoms with Crippen molar-refractivity contribution < 1.29 is 47.1 Å². The minimum atomic E-state index is -0.163. The summed E-state index contributed by atoms with van der Waals surface area (Å²) in [5.41, 5.74) is 3.94. The predicted octanol–water partition coefficient (Wildman–Crippen LogP) is 0.661. The molecule has 0 unspecified atom stereocenters. The Morgan fingerprint density at radius 1 is 0.500 bits per heavy atom. The number of hydrogen-bond donors (Lipinski definition) is 0. The number of hydrogen-bond acceptors (Lipinski definition) is 1. The standard InChI is InChI=1S/C27H24I2O/c1-19-4-8-22(9-5-19)28-23-12-14-25(15-13-23)30-26-16-17-27(21(3)18-26)29-24-10-6-20(2)7-11-24/h4-18H,1-3H3/q+2. The quantitative estimate of drug-likeness (QED) is 0.289. The SMILES string of the molecule is Cc1ccc([I+]c2ccc(Oc3ccc([I+]c4ccc(C)cc4)c(C)c3)cc2)cc1. The molecular formula is C27H24I2O+2.